The van der Waals surface area contributed by atoms with Crippen LogP contribution in [0.1, 0.15) is 90.6 Å². The minimum Gasteiger partial charge on any atom is -0.381 e. The summed E-state index contributed by atoms with van der Waals surface area (Å²) in [6.07, 6.45) is 4.36. The average Bonchev–Trinajstić information content (AvgIpc) is 3.66. The number of nitrogens with zero attached hydrogens (tertiary/aromatic N) is 4. The van der Waals surface area contributed by atoms with Crippen LogP contribution in [-0.2, 0) is 37.3 Å². The third-order valence-electron chi connectivity index (χ3n) is 10.6. The van der Waals surface area contributed by atoms with Gasteiger partial charge in [0.15, 0.2) is 5.65 Å². The van der Waals surface area contributed by atoms with Crippen LogP contribution in [0.15, 0.2) is 72.9 Å². The molecule has 3 aromatic carbocycles. The van der Waals surface area contributed by atoms with E-state index >= 15 is 0 Å². The molecule has 57 heavy (non-hydrogen) atoms. The Hall–Kier alpha value is -4.81. The highest BCUT2D eigenvalue weighted by Gasteiger charge is 2.23. The van der Waals surface area contributed by atoms with Gasteiger partial charge in [-0.1, -0.05) is 62.7 Å². The highest BCUT2D eigenvalue weighted by molar-refractivity contribution is 6.33. The molecule has 4 heterocycles. The van der Waals surface area contributed by atoms with Gasteiger partial charge in [0.05, 0.1) is 17.3 Å². The Labute approximate surface area is 341 Å². The molecule has 1 unspecified atom stereocenters. The number of aryl methyl sites for hydroxylation is 2. The van der Waals surface area contributed by atoms with Crippen molar-refractivity contribution in [1.82, 2.24) is 35.6 Å². The monoisotopic (exact) mass is 792 g/mol. The Morgan fingerprint density at radius 1 is 0.930 bits per heavy atom. The van der Waals surface area contributed by atoms with Crippen LogP contribution in [-0.4, -0.2) is 76.4 Å². The van der Waals surface area contributed by atoms with E-state index in [0.717, 1.165) is 83.7 Å². The van der Waals surface area contributed by atoms with Crippen LogP contribution in [0.3, 0.4) is 0 Å². The van der Waals surface area contributed by atoms with E-state index in [1.54, 1.807) is 24.3 Å². The van der Waals surface area contributed by atoms with E-state index < -0.39 is 0 Å². The fourth-order valence-electron chi connectivity index (χ4n) is 7.61. The normalized spacial score (nSPS) is 16.1. The number of carbonyl (C=O) groups is 2. The average molecular weight is 793 g/mol. The zero-order valence-corrected chi connectivity index (χ0v) is 34.7. The number of aromatic nitrogens is 3. The highest BCUT2D eigenvalue weighted by atomic mass is 35.5. The molecule has 0 bridgehead atoms. The molecule has 4 N–H and O–H groups in total. The number of nitrogens with one attached hydrogen (secondary N) is 4. The van der Waals surface area contributed by atoms with Gasteiger partial charge < -0.3 is 26.0 Å². The standard InChI is InChI=1S/C43H51ClN8O3.C2H6/c1-4-39-36(40(49-34-14-18-55-19-15-34)37-25-48-52(5-2)41(37)50-39)24-47-43(54)33-11-7-10-32(22-33)42(53)46-23-29-12-13-38(44)35(21-29)31-9-6-8-30(20-31)27-51-17-16-45-28(3)26-51;1-2/h6-13,20-22,25,28,34,45H,4-5,14-19,23-24,26-27H2,1-3H3,(H,46,53)(H,47,54)(H,49,50);1-2H3. The van der Waals surface area contributed by atoms with E-state index in [2.05, 4.69) is 76.3 Å². The summed E-state index contributed by atoms with van der Waals surface area (Å²) in [5, 5.41) is 19.6. The molecule has 2 aliphatic heterocycles. The predicted molar refractivity (Wildman–Crippen MR) is 230 cm³/mol. The Morgan fingerprint density at radius 3 is 2.39 bits per heavy atom. The van der Waals surface area contributed by atoms with Crippen molar-refractivity contribution in [3.8, 4) is 11.1 Å². The molecule has 12 heteroatoms. The molecule has 2 fully saturated rings. The first kappa shape index (κ1) is 41.8. The fourth-order valence-corrected chi connectivity index (χ4v) is 7.84. The van der Waals surface area contributed by atoms with Crippen molar-refractivity contribution in [3.63, 3.8) is 0 Å². The smallest absolute Gasteiger partial charge is 0.251 e. The number of anilines is 1. The second-order valence-electron chi connectivity index (χ2n) is 14.5. The third-order valence-corrected chi connectivity index (χ3v) is 10.9. The van der Waals surface area contributed by atoms with Gasteiger partial charge in [0.1, 0.15) is 0 Å². The van der Waals surface area contributed by atoms with Gasteiger partial charge in [0.2, 0.25) is 0 Å². The second kappa shape index (κ2) is 20.1. The maximum absolute atomic E-state index is 13.6. The SMILES string of the molecule is CC.CCc1nc2c(cnn2CC)c(NC2CCOCC2)c1CNC(=O)c1cccc(C(=O)NCc2ccc(Cl)c(-c3cccc(CN4CCNC(C)C4)c3)c2)c1. The molecule has 0 spiro atoms. The Morgan fingerprint density at radius 2 is 1.67 bits per heavy atom. The first-order chi connectivity index (χ1) is 27.8. The summed E-state index contributed by atoms with van der Waals surface area (Å²) in [6.45, 7) is 17.0. The summed E-state index contributed by atoms with van der Waals surface area (Å²) in [6, 6.07) is 21.9. The second-order valence-corrected chi connectivity index (χ2v) is 15.0. The third kappa shape index (κ3) is 10.4. The number of hydrogen-bond donors (Lipinski definition) is 4. The number of rotatable bonds is 13. The molecule has 302 valence electrons. The lowest BCUT2D eigenvalue weighted by Gasteiger charge is -2.31. The van der Waals surface area contributed by atoms with E-state index in [1.807, 2.05) is 42.9 Å². The quantitative estimate of drug-likeness (QED) is 0.0961. The Bertz CT molecular complexity index is 2150. The molecule has 2 aliphatic rings. The summed E-state index contributed by atoms with van der Waals surface area (Å²) in [7, 11) is 0. The van der Waals surface area contributed by atoms with Crippen LogP contribution in [0, 0.1) is 0 Å². The molecule has 11 nitrogen and oxygen atoms in total. The topological polar surface area (TPSA) is 125 Å². The van der Waals surface area contributed by atoms with E-state index in [9.17, 15) is 9.59 Å². The Balaban J connectivity index is 0.00000270. The van der Waals surface area contributed by atoms with Crippen LogP contribution in [0.25, 0.3) is 22.2 Å². The number of halogens is 1. The summed E-state index contributed by atoms with van der Waals surface area (Å²) >= 11 is 6.71. The molecule has 2 aromatic heterocycles. The van der Waals surface area contributed by atoms with E-state index in [0.29, 0.717) is 54.9 Å². The zero-order chi connectivity index (χ0) is 40.3. The van der Waals surface area contributed by atoms with Gasteiger partial charge in [0, 0.05) is 104 Å². The van der Waals surface area contributed by atoms with Gasteiger partial charge in [-0.25, -0.2) is 9.67 Å². The van der Waals surface area contributed by atoms with Gasteiger partial charge in [-0.05, 0) is 86.2 Å². The van der Waals surface area contributed by atoms with Crippen LogP contribution in [0.5, 0.6) is 0 Å². The Kier molecular flexibility index (Phi) is 14.7. The fraction of sp³-hybridized carbons (Fsp3) is 0.422. The zero-order valence-electron chi connectivity index (χ0n) is 34.0. The van der Waals surface area contributed by atoms with Gasteiger partial charge in [-0.3, -0.25) is 14.5 Å². The first-order valence-electron chi connectivity index (χ1n) is 20.5. The largest absolute Gasteiger partial charge is 0.381 e. The first-order valence-corrected chi connectivity index (χ1v) is 20.9. The number of hydrogen-bond acceptors (Lipinski definition) is 8. The van der Waals surface area contributed by atoms with Crippen molar-refractivity contribution >= 4 is 40.1 Å². The van der Waals surface area contributed by atoms with Crippen molar-refractivity contribution in [2.45, 2.75) is 92.1 Å². The molecule has 0 radical (unpaired) electrons. The molecule has 2 amide bonds. The van der Waals surface area contributed by atoms with Gasteiger partial charge in [-0.15, -0.1) is 0 Å². The van der Waals surface area contributed by atoms with Crippen molar-refractivity contribution < 1.29 is 14.3 Å². The molecular weight excluding hydrogens is 736 g/mol. The number of carbonyl (C=O) groups excluding carboxylic acids is 2. The number of fused-ring (bicyclic) bond motifs is 1. The summed E-state index contributed by atoms with van der Waals surface area (Å²) in [4.78, 5) is 34.5. The predicted octanol–water partition coefficient (Wildman–Crippen LogP) is 7.60. The maximum atomic E-state index is 13.6. The van der Waals surface area contributed by atoms with Crippen molar-refractivity contribution in [2.75, 3.05) is 38.2 Å². The molecule has 0 aliphatic carbocycles. The minimum absolute atomic E-state index is 0.251. The molecular formula is C45H57ClN8O3. The molecule has 1 atom stereocenters. The van der Waals surface area contributed by atoms with Gasteiger partial charge in [0.25, 0.3) is 11.8 Å². The van der Waals surface area contributed by atoms with E-state index in [4.69, 9.17) is 21.3 Å². The van der Waals surface area contributed by atoms with Crippen molar-refractivity contribution in [2.24, 2.45) is 0 Å². The summed E-state index contributed by atoms with van der Waals surface area (Å²) in [5.41, 5.74) is 8.60. The molecule has 7 rings (SSSR count). The van der Waals surface area contributed by atoms with E-state index in [-0.39, 0.29) is 24.4 Å². The lowest BCUT2D eigenvalue weighted by molar-refractivity contribution is 0.0904. The summed E-state index contributed by atoms with van der Waals surface area (Å²) in [5.74, 6) is -0.536. The lowest BCUT2D eigenvalue weighted by Crippen LogP contribution is -2.48. The number of amides is 2. The lowest BCUT2D eigenvalue weighted by atomic mass is 10.0. The summed E-state index contributed by atoms with van der Waals surface area (Å²) < 4.78 is 7.51. The van der Waals surface area contributed by atoms with Crippen LogP contribution in [0.4, 0.5) is 5.69 Å². The van der Waals surface area contributed by atoms with Crippen molar-refractivity contribution in [1.29, 1.82) is 0 Å². The molecule has 0 saturated carbocycles. The van der Waals surface area contributed by atoms with E-state index in [1.165, 1.54) is 5.56 Å². The van der Waals surface area contributed by atoms with Gasteiger partial charge in [-0.2, -0.15) is 5.10 Å². The number of pyridine rings is 1. The number of benzene rings is 3. The molecule has 2 saturated heterocycles. The van der Waals surface area contributed by atoms with Crippen LogP contribution >= 0.6 is 11.6 Å². The molecule has 5 aromatic rings. The van der Waals surface area contributed by atoms with Crippen LogP contribution in [0.2, 0.25) is 5.02 Å². The number of piperazine rings is 1. The van der Waals surface area contributed by atoms with Crippen molar-refractivity contribution in [3.05, 3.63) is 111 Å². The highest BCUT2D eigenvalue weighted by Crippen LogP contribution is 2.32. The van der Waals surface area contributed by atoms with Crippen LogP contribution < -0.4 is 21.3 Å². The minimum atomic E-state index is -0.269. The number of ether oxygens (including phenoxy) is 1. The maximum Gasteiger partial charge on any atom is 0.251 e. The van der Waals surface area contributed by atoms with Gasteiger partial charge >= 0.3 is 0 Å².